The number of unbranched alkanes of at least 4 members (excludes halogenated alkanes) is 1. The number of methoxy groups -OCH3 is 1. The van der Waals surface area contributed by atoms with Gasteiger partial charge in [-0.1, -0.05) is 6.07 Å². The summed E-state index contributed by atoms with van der Waals surface area (Å²) in [7, 11) is 1.62. The second-order valence-electron chi connectivity index (χ2n) is 8.87. The Kier molecular flexibility index (Phi) is 7.13. The highest BCUT2D eigenvalue weighted by Crippen LogP contribution is 2.38. The van der Waals surface area contributed by atoms with Crippen molar-refractivity contribution in [3.63, 3.8) is 0 Å². The Morgan fingerprint density at radius 2 is 1.94 bits per heavy atom. The van der Waals surface area contributed by atoms with E-state index in [0.29, 0.717) is 41.8 Å². The fourth-order valence-corrected chi connectivity index (χ4v) is 5.26. The SMILES string of the molecule is COc1cccc(C(=O)NC2C[C@H]3CC[C@@H](C2)N3c2ccc(C(N)=O)cn2)c1CCCCO. The first-order valence-corrected chi connectivity index (χ1v) is 11.6. The number of nitrogens with two attached hydrogens (primary N) is 1. The summed E-state index contributed by atoms with van der Waals surface area (Å²) in [5.74, 6) is 1.01. The van der Waals surface area contributed by atoms with E-state index in [-0.39, 0.29) is 18.6 Å². The lowest BCUT2D eigenvalue weighted by Crippen LogP contribution is -2.51. The number of anilines is 1. The minimum absolute atomic E-state index is 0.0744. The number of ether oxygens (including phenoxy) is 1. The van der Waals surface area contributed by atoms with Crippen LogP contribution in [-0.2, 0) is 6.42 Å². The fourth-order valence-electron chi connectivity index (χ4n) is 5.26. The van der Waals surface area contributed by atoms with E-state index in [1.165, 1.54) is 6.20 Å². The number of fused-ring (bicyclic) bond motifs is 2. The molecule has 2 saturated heterocycles. The van der Waals surface area contributed by atoms with Crippen LogP contribution in [0.3, 0.4) is 0 Å². The van der Waals surface area contributed by atoms with Crippen molar-refractivity contribution in [1.82, 2.24) is 10.3 Å². The van der Waals surface area contributed by atoms with Crippen molar-refractivity contribution in [2.24, 2.45) is 5.73 Å². The number of carbonyl (C=O) groups is 2. The van der Waals surface area contributed by atoms with Crippen molar-refractivity contribution < 1.29 is 19.4 Å². The number of aliphatic hydroxyl groups is 1. The second-order valence-corrected chi connectivity index (χ2v) is 8.87. The standard InChI is InChI=1S/C25H32N4O4/c1-33-22-7-4-6-21(20(22)5-2-3-12-30)25(32)28-17-13-18-9-10-19(14-17)29(18)23-11-8-16(15-27-23)24(26)31/h4,6-8,11,15,17-19,30H,2-3,5,9-10,12-14H2,1H3,(H2,26,31)(H,28,32)/t17?,18-,19+. The van der Waals surface area contributed by atoms with E-state index < -0.39 is 5.91 Å². The number of hydrogen-bond donors (Lipinski definition) is 3. The van der Waals surface area contributed by atoms with E-state index in [4.69, 9.17) is 15.6 Å². The highest BCUT2D eigenvalue weighted by molar-refractivity contribution is 5.96. The molecule has 2 aliphatic rings. The molecule has 2 amide bonds. The van der Waals surface area contributed by atoms with Gasteiger partial charge in [0, 0.05) is 42.1 Å². The fraction of sp³-hybridized carbons (Fsp3) is 0.480. The largest absolute Gasteiger partial charge is 0.496 e. The zero-order chi connectivity index (χ0) is 23.4. The second kappa shape index (κ2) is 10.2. The molecule has 1 aromatic heterocycles. The minimum atomic E-state index is -0.480. The van der Waals surface area contributed by atoms with Crippen molar-refractivity contribution in [3.8, 4) is 5.75 Å². The molecule has 4 N–H and O–H groups in total. The summed E-state index contributed by atoms with van der Waals surface area (Å²) in [6, 6.07) is 9.84. The van der Waals surface area contributed by atoms with Gasteiger partial charge in [0.25, 0.3) is 5.91 Å². The van der Waals surface area contributed by atoms with Crippen molar-refractivity contribution in [2.75, 3.05) is 18.6 Å². The van der Waals surface area contributed by atoms with E-state index >= 15 is 0 Å². The summed E-state index contributed by atoms with van der Waals surface area (Å²) >= 11 is 0. The smallest absolute Gasteiger partial charge is 0.251 e. The van der Waals surface area contributed by atoms with Gasteiger partial charge in [-0.3, -0.25) is 9.59 Å². The van der Waals surface area contributed by atoms with E-state index in [9.17, 15) is 9.59 Å². The normalized spacial score (nSPS) is 21.6. The quantitative estimate of drug-likeness (QED) is 0.503. The Balaban J connectivity index is 1.44. The van der Waals surface area contributed by atoms with Crippen LogP contribution in [0.4, 0.5) is 5.82 Å². The van der Waals surface area contributed by atoms with E-state index in [2.05, 4.69) is 15.2 Å². The van der Waals surface area contributed by atoms with Gasteiger partial charge in [-0.15, -0.1) is 0 Å². The van der Waals surface area contributed by atoms with Crippen LogP contribution < -0.4 is 20.7 Å². The molecule has 0 radical (unpaired) electrons. The van der Waals surface area contributed by atoms with Crippen LogP contribution >= 0.6 is 0 Å². The minimum Gasteiger partial charge on any atom is -0.496 e. The molecule has 3 atom stereocenters. The molecule has 2 aromatic rings. The molecule has 8 nitrogen and oxygen atoms in total. The monoisotopic (exact) mass is 452 g/mol. The Bertz CT molecular complexity index is 980. The molecule has 1 unspecified atom stereocenters. The van der Waals surface area contributed by atoms with Crippen LogP contribution in [0.25, 0.3) is 0 Å². The summed E-state index contributed by atoms with van der Waals surface area (Å²) in [6.07, 6.45) is 7.52. The molecule has 176 valence electrons. The average molecular weight is 453 g/mol. The first-order valence-electron chi connectivity index (χ1n) is 11.6. The van der Waals surface area contributed by atoms with Crippen LogP contribution in [0.15, 0.2) is 36.5 Å². The number of piperidine rings is 1. The average Bonchev–Trinajstić information content (AvgIpc) is 3.09. The van der Waals surface area contributed by atoms with Gasteiger partial charge in [-0.25, -0.2) is 4.98 Å². The lowest BCUT2D eigenvalue weighted by Gasteiger charge is -2.40. The van der Waals surface area contributed by atoms with Crippen LogP contribution in [0.5, 0.6) is 5.75 Å². The van der Waals surface area contributed by atoms with Gasteiger partial charge < -0.3 is 25.8 Å². The summed E-state index contributed by atoms with van der Waals surface area (Å²) in [5, 5.41) is 12.4. The number of primary amides is 1. The topological polar surface area (TPSA) is 118 Å². The van der Waals surface area contributed by atoms with Gasteiger partial charge in [0.15, 0.2) is 0 Å². The maximum atomic E-state index is 13.2. The van der Waals surface area contributed by atoms with Crippen LogP contribution in [0.2, 0.25) is 0 Å². The maximum Gasteiger partial charge on any atom is 0.251 e. The summed E-state index contributed by atoms with van der Waals surface area (Å²) < 4.78 is 5.50. The number of rotatable bonds is 9. The Morgan fingerprint density at radius 3 is 2.55 bits per heavy atom. The maximum absolute atomic E-state index is 13.2. The molecule has 3 heterocycles. The first-order chi connectivity index (χ1) is 16.0. The van der Waals surface area contributed by atoms with Crippen molar-refractivity contribution in [1.29, 1.82) is 0 Å². The number of hydrogen-bond acceptors (Lipinski definition) is 6. The molecule has 1 aromatic carbocycles. The number of benzene rings is 1. The summed E-state index contributed by atoms with van der Waals surface area (Å²) in [6.45, 7) is 0.137. The zero-order valence-corrected chi connectivity index (χ0v) is 19.0. The van der Waals surface area contributed by atoms with Gasteiger partial charge in [0.05, 0.1) is 12.7 Å². The van der Waals surface area contributed by atoms with Gasteiger partial charge in [-0.2, -0.15) is 0 Å². The molecule has 0 saturated carbocycles. The third-order valence-corrected chi connectivity index (χ3v) is 6.80. The van der Waals surface area contributed by atoms with Crippen molar-refractivity contribution in [2.45, 2.75) is 63.1 Å². The predicted molar refractivity (Wildman–Crippen MR) is 126 cm³/mol. The van der Waals surface area contributed by atoms with Crippen LogP contribution in [0.1, 0.15) is 64.8 Å². The van der Waals surface area contributed by atoms with Crippen molar-refractivity contribution in [3.05, 3.63) is 53.2 Å². The number of aromatic nitrogens is 1. The van der Waals surface area contributed by atoms with Gasteiger partial charge in [-0.05, 0) is 69.2 Å². The molecule has 4 rings (SSSR count). The molecule has 0 spiro atoms. The predicted octanol–water partition coefficient (Wildman–Crippen LogP) is 2.43. The number of aliphatic hydroxyl groups excluding tert-OH is 1. The van der Waals surface area contributed by atoms with E-state index in [0.717, 1.165) is 43.5 Å². The highest BCUT2D eigenvalue weighted by Gasteiger charge is 2.42. The number of nitrogens with one attached hydrogen (secondary N) is 1. The van der Waals surface area contributed by atoms with Gasteiger partial charge in [0.2, 0.25) is 5.91 Å². The van der Waals surface area contributed by atoms with Gasteiger partial charge in [0.1, 0.15) is 11.6 Å². The van der Waals surface area contributed by atoms with E-state index in [1.54, 1.807) is 13.2 Å². The Hall–Kier alpha value is -3.13. The number of carbonyl (C=O) groups excluding carboxylic acids is 2. The van der Waals surface area contributed by atoms with Crippen molar-refractivity contribution >= 4 is 17.6 Å². The molecule has 2 fully saturated rings. The summed E-state index contributed by atoms with van der Waals surface area (Å²) in [4.78, 5) is 31.4. The Morgan fingerprint density at radius 1 is 1.18 bits per heavy atom. The lowest BCUT2D eigenvalue weighted by molar-refractivity contribution is 0.0924. The first kappa shape index (κ1) is 23.0. The molecule has 0 aliphatic carbocycles. The third-order valence-electron chi connectivity index (χ3n) is 6.80. The third kappa shape index (κ3) is 4.95. The molecule has 8 heteroatoms. The molecule has 2 bridgehead atoms. The lowest BCUT2D eigenvalue weighted by atomic mass is 9.95. The van der Waals surface area contributed by atoms with Gasteiger partial charge >= 0.3 is 0 Å². The molecular formula is C25H32N4O4. The zero-order valence-electron chi connectivity index (χ0n) is 19.0. The van der Waals surface area contributed by atoms with E-state index in [1.807, 2.05) is 24.3 Å². The molecule has 2 aliphatic heterocycles. The van der Waals surface area contributed by atoms with Crippen LogP contribution in [0, 0.1) is 0 Å². The highest BCUT2D eigenvalue weighted by atomic mass is 16.5. The van der Waals surface area contributed by atoms with Crippen LogP contribution in [-0.4, -0.2) is 53.7 Å². The molecular weight excluding hydrogens is 420 g/mol. The molecule has 33 heavy (non-hydrogen) atoms. The number of nitrogens with zero attached hydrogens (tertiary/aromatic N) is 2. The number of pyridine rings is 1. The number of amides is 2. The Labute approximate surface area is 194 Å². The summed E-state index contributed by atoms with van der Waals surface area (Å²) in [5.41, 5.74) is 7.27.